The molecule has 0 radical (unpaired) electrons. The zero-order valence-corrected chi connectivity index (χ0v) is 10.9. The van der Waals surface area contributed by atoms with Gasteiger partial charge in [0.25, 0.3) is 0 Å². The van der Waals surface area contributed by atoms with Crippen molar-refractivity contribution in [2.75, 3.05) is 0 Å². The van der Waals surface area contributed by atoms with Crippen molar-refractivity contribution >= 4 is 12.6 Å². The van der Waals surface area contributed by atoms with Gasteiger partial charge in [-0.05, 0) is 55.1 Å². The fraction of sp³-hybridized carbons (Fsp3) is 0.600. The van der Waals surface area contributed by atoms with E-state index in [1.807, 2.05) is 0 Å². The molecule has 1 fully saturated rings. The molecule has 1 aliphatic carbocycles. The number of rotatable bonds is 5. The molecule has 1 aliphatic rings. The fourth-order valence-electron chi connectivity index (χ4n) is 2.85. The summed E-state index contributed by atoms with van der Waals surface area (Å²) in [6, 6.07) is 0. The Labute approximate surface area is 104 Å². The van der Waals surface area contributed by atoms with Crippen molar-refractivity contribution in [3.63, 3.8) is 0 Å². The second-order valence-corrected chi connectivity index (χ2v) is 5.59. The maximum absolute atomic E-state index is 10.8. The lowest BCUT2D eigenvalue weighted by molar-refractivity contribution is -0.106. The van der Waals surface area contributed by atoms with Crippen LogP contribution in [0.2, 0.25) is 0 Å². The third-order valence-electron chi connectivity index (χ3n) is 3.91. The summed E-state index contributed by atoms with van der Waals surface area (Å²) in [6.45, 7) is 8.70. The van der Waals surface area contributed by atoms with Gasteiger partial charge in [0.2, 0.25) is 0 Å². The van der Waals surface area contributed by atoms with Crippen molar-refractivity contribution in [3.05, 3.63) is 23.8 Å². The molecule has 94 valence electrons. The molecular weight excluding hydrogens is 212 g/mol. The van der Waals surface area contributed by atoms with Gasteiger partial charge in [-0.15, -0.1) is 0 Å². The van der Waals surface area contributed by atoms with Gasteiger partial charge in [-0.25, -0.2) is 0 Å². The number of allylic oxidation sites excluding steroid dienone is 3. The van der Waals surface area contributed by atoms with Gasteiger partial charge < -0.3 is 0 Å². The van der Waals surface area contributed by atoms with Crippen LogP contribution >= 0.6 is 0 Å². The van der Waals surface area contributed by atoms with E-state index in [0.29, 0.717) is 24.2 Å². The summed E-state index contributed by atoms with van der Waals surface area (Å²) in [5.74, 6) is 0.464. The van der Waals surface area contributed by atoms with Gasteiger partial charge in [-0.1, -0.05) is 26.0 Å². The van der Waals surface area contributed by atoms with E-state index in [2.05, 4.69) is 20.4 Å². The second kappa shape index (κ2) is 5.95. The average Bonchev–Trinajstić information content (AvgIpc) is 2.26. The van der Waals surface area contributed by atoms with Crippen LogP contribution in [-0.2, 0) is 9.59 Å². The largest absolute Gasteiger partial charge is 0.299 e. The molecule has 1 saturated carbocycles. The van der Waals surface area contributed by atoms with Crippen LogP contribution in [0.25, 0.3) is 0 Å². The van der Waals surface area contributed by atoms with E-state index in [1.165, 1.54) is 24.5 Å². The first-order valence-corrected chi connectivity index (χ1v) is 6.28. The molecule has 0 aromatic heterocycles. The molecule has 0 N–H and O–H groups in total. The van der Waals surface area contributed by atoms with E-state index in [9.17, 15) is 9.59 Å². The Bertz CT molecular complexity index is 337. The number of hydrogen-bond donors (Lipinski definition) is 0. The van der Waals surface area contributed by atoms with Crippen LogP contribution in [0.3, 0.4) is 0 Å². The van der Waals surface area contributed by atoms with Crippen LogP contribution < -0.4 is 0 Å². The van der Waals surface area contributed by atoms with E-state index in [4.69, 9.17) is 0 Å². The Morgan fingerprint density at radius 3 is 2.71 bits per heavy atom. The van der Waals surface area contributed by atoms with Gasteiger partial charge >= 0.3 is 0 Å². The first-order chi connectivity index (χ1) is 8.01. The zero-order chi connectivity index (χ0) is 12.9. The van der Waals surface area contributed by atoms with Crippen LogP contribution in [0.5, 0.6) is 0 Å². The smallest absolute Gasteiger partial charge is 0.146 e. The molecule has 0 aromatic carbocycles. The van der Waals surface area contributed by atoms with Crippen molar-refractivity contribution in [2.45, 2.75) is 46.0 Å². The summed E-state index contributed by atoms with van der Waals surface area (Å²) in [5, 5.41) is 0. The highest BCUT2D eigenvalue weighted by molar-refractivity contribution is 5.81. The minimum atomic E-state index is 0.268. The lowest BCUT2D eigenvalue weighted by atomic mass is 9.65. The number of carbonyl (C=O) groups is 2. The zero-order valence-electron chi connectivity index (χ0n) is 10.9. The Morgan fingerprint density at radius 2 is 2.18 bits per heavy atom. The molecule has 0 amide bonds. The second-order valence-electron chi connectivity index (χ2n) is 5.59. The van der Waals surface area contributed by atoms with E-state index >= 15 is 0 Å². The topological polar surface area (TPSA) is 34.1 Å². The van der Waals surface area contributed by atoms with Crippen molar-refractivity contribution in [1.29, 1.82) is 0 Å². The van der Waals surface area contributed by atoms with Crippen LogP contribution in [0, 0.1) is 11.3 Å². The maximum Gasteiger partial charge on any atom is 0.146 e. The minimum absolute atomic E-state index is 0.268. The molecular formula is C15H22O2. The molecule has 0 aliphatic heterocycles. The Balaban J connectivity index is 2.65. The summed E-state index contributed by atoms with van der Waals surface area (Å²) < 4.78 is 0. The molecule has 0 saturated heterocycles. The molecule has 0 aromatic rings. The normalized spacial score (nSPS) is 24.5. The third kappa shape index (κ3) is 3.65. The summed E-state index contributed by atoms with van der Waals surface area (Å²) in [6.07, 6.45) is 7.96. The predicted molar refractivity (Wildman–Crippen MR) is 69.7 cm³/mol. The van der Waals surface area contributed by atoms with Crippen LogP contribution in [0.15, 0.2) is 23.8 Å². The molecule has 1 unspecified atom stereocenters. The van der Waals surface area contributed by atoms with Crippen molar-refractivity contribution < 1.29 is 9.59 Å². The standard InChI is InChI=1S/C15H22O2/c1-12-5-4-9-15(2,3)14(12)7-6-13(11-17)8-10-16/h8,10-11,14H,1,4-7,9H2,2-3H3/b13-8+. The SMILES string of the molecule is C=C1CCCC(C)(C)C1CC/C(C=O)=C\C=O. The molecule has 0 heterocycles. The third-order valence-corrected chi connectivity index (χ3v) is 3.91. The minimum Gasteiger partial charge on any atom is -0.299 e. The number of hydrogen-bond acceptors (Lipinski definition) is 2. The molecule has 2 heteroatoms. The van der Waals surface area contributed by atoms with E-state index in [1.54, 1.807) is 0 Å². The van der Waals surface area contributed by atoms with Gasteiger partial charge in [-0.2, -0.15) is 0 Å². The molecule has 1 rings (SSSR count). The summed E-state index contributed by atoms with van der Waals surface area (Å²) in [4.78, 5) is 21.1. The first kappa shape index (κ1) is 13.9. The van der Waals surface area contributed by atoms with Crippen molar-refractivity contribution in [1.82, 2.24) is 0 Å². The highest BCUT2D eigenvalue weighted by Gasteiger charge is 2.33. The van der Waals surface area contributed by atoms with Gasteiger partial charge in [-0.3, -0.25) is 9.59 Å². The first-order valence-electron chi connectivity index (χ1n) is 6.28. The van der Waals surface area contributed by atoms with Gasteiger partial charge in [0.05, 0.1) is 0 Å². The summed E-state index contributed by atoms with van der Waals surface area (Å²) >= 11 is 0. The Morgan fingerprint density at radius 1 is 1.47 bits per heavy atom. The fourth-order valence-corrected chi connectivity index (χ4v) is 2.85. The molecule has 2 nitrogen and oxygen atoms in total. The number of carbonyl (C=O) groups excluding carboxylic acids is 2. The average molecular weight is 234 g/mol. The van der Waals surface area contributed by atoms with E-state index in [-0.39, 0.29) is 5.41 Å². The van der Waals surface area contributed by atoms with Crippen LogP contribution in [-0.4, -0.2) is 12.6 Å². The maximum atomic E-state index is 10.8. The molecule has 17 heavy (non-hydrogen) atoms. The van der Waals surface area contributed by atoms with Gasteiger partial charge in [0.1, 0.15) is 12.6 Å². The van der Waals surface area contributed by atoms with E-state index < -0.39 is 0 Å². The lowest BCUT2D eigenvalue weighted by Crippen LogP contribution is -2.29. The van der Waals surface area contributed by atoms with Crippen molar-refractivity contribution in [2.24, 2.45) is 11.3 Å². The highest BCUT2D eigenvalue weighted by Crippen LogP contribution is 2.45. The summed E-state index contributed by atoms with van der Waals surface area (Å²) in [7, 11) is 0. The Hall–Kier alpha value is -1.18. The van der Waals surface area contributed by atoms with Crippen LogP contribution in [0.1, 0.15) is 46.0 Å². The van der Waals surface area contributed by atoms with Gasteiger partial charge in [0.15, 0.2) is 0 Å². The Kier molecular flexibility index (Phi) is 4.86. The predicted octanol–water partition coefficient (Wildman–Crippen LogP) is 3.47. The number of aldehydes is 2. The monoisotopic (exact) mass is 234 g/mol. The molecule has 0 bridgehead atoms. The van der Waals surface area contributed by atoms with E-state index in [0.717, 1.165) is 19.1 Å². The quantitative estimate of drug-likeness (QED) is 0.414. The lowest BCUT2D eigenvalue weighted by Gasteiger charge is -2.40. The highest BCUT2D eigenvalue weighted by atomic mass is 16.1. The van der Waals surface area contributed by atoms with Crippen LogP contribution in [0.4, 0.5) is 0 Å². The summed E-state index contributed by atoms with van der Waals surface area (Å²) in [5.41, 5.74) is 2.16. The van der Waals surface area contributed by atoms with Gasteiger partial charge in [0, 0.05) is 0 Å². The molecule has 1 atom stereocenters. The molecule has 0 spiro atoms. The van der Waals surface area contributed by atoms with Crippen molar-refractivity contribution in [3.8, 4) is 0 Å².